The predicted octanol–water partition coefficient (Wildman–Crippen LogP) is 1.12. The molecule has 0 unspecified atom stereocenters. The fourth-order valence-electron chi connectivity index (χ4n) is 1.87. The molecule has 0 aliphatic rings. The highest BCUT2D eigenvalue weighted by Crippen LogP contribution is 2.11. The van der Waals surface area contributed by atoms with Crippen molar-refractivity contribution in [2.75, 3.05) is 6.61 Å². The summed E-state index contributed by atoms with van der Waals surface area (Å²) in [6.07, 6.45) is 1.89. The quantitative estimate of drug-likeness (QED) is 0.428. The van der Waals surface area contributed by atoms with Gasteiger partial charge in [0.25, 0.3) is 17.5 Å². The first-order chi connectivity index (χ1) is 12.5. The molecule has 26 heavy (non-hydrogen) atoms. The molecule has 1 aromatic heterocycles. The lowest BCUT2D eigenvalue weighted by atomic mass is 10.2. The van der Waals surface area contributed by atoms with Crippen molar-refractivity contribution < 1.29 is 28.5 Å². The first-order valence-electron chi connectivity index (χ1n) is 7.47. The van der Waals surface area contributed by atoms with Crippen LogP contribution in [-0.4, -0.2) is 29.3 Å². The standard InChI is InChI=1S/C16H15N3O7/c20-14(10-26-15(21)8-7-13-2-1-9-25-13)17-18-16(22)11-3-5-12(6-4-11)19(23)24/h1-6,9H,7-8,10H2,(H,17,20)(H,18,22). The Hall–Kier alpha value is -3.69. The van der Waals surface area contributed by atoms with E-state index < -0.39 is 29.3 Å². The molecular weight excluding hydrogens is 346 g/mol. The number of nitrogens with one attached hydrogen (secondary N) is 2. The van der Waals surface area contributed by atoms with E-state index >= 15 is 0 Å². The molecule has 0 fully saturated rings. The molecule has 0 atom stereocenters. The summed E-state index contributed by atoms with van der Waals surface area (Å²) in [4.78, 5) is 44.8. The highest BCUT2D eigenvalue weighted by molar-refractivity contribution is 5.95. The van der Waals surface area contributed by atoms with Gasteiger partial charge in [0.2, 0.25) is 0 Å². The molecule has 10 nitrogen and oxygen atoms in total. The van der Waals surface area contributed by atoms with Gasteiger partial charge in [-0.1, -0.05) is 0 Å². The highest BCUT2D eigenvalue weighted by atomic mass is 16.6. The summed E-state index contributed by atoms with van der Waals surface area (Å²) >= 11 is 0. The van der Waals surface area contributed by atoms with Crippen LogP contribution >= 0.6 is 0 Å². The predicted molar refractivity (Wildman–Crippen MR) is 86.7 cm³/mol. The summed E-state index contributed by atoms with van der Waals surface area (Å²) in [6, 6.07) is 8.23. The van der Waals surface area contributed by atoms with Crippen molar-refractivity contribution in [3.63, 3.8) is 0 Å². The number of carbonyl (C=O) groups excluding carboxylic acids is 3. The van der Waals surface area contributed by atoms with E-state index in [-0.39, 0.29) is 17.7 Å². The first kappa shape index (κ1) is 18.6. The lowest BCUT2D eigenvalue weighted by molar-refractivity contribution is -0.384. The molecule has 0 bridgehead atoms. The van der Waals surface area contributed by atoms with Crippen molar-refractivity contribution in [1.29, 1.82) is 0 Å². The van der Waals surface area contributed by atoms with E-state index in [1.807, 2.05) is 0 Å². The number of hydrazine groups is 1. The number of nitrogens with zero attached hydrogens (tertiary/aromatic N) is 1. The average molecular weight is 361 g/mol. The number of amides is 2. The van der Waals surface area contributed by atoms with Gasteiger partial charge in [-0.25, -0.2) is 0 Å². The molecular formula is C16H15N3O7. The fourth-order valence-corrected chi connectivity index (χ4v) is 1.87. The maximum Gasteiger partial charge on any atom is 0.306 e. The van der Waals surface area contributed by atoms with Crippen molar-refractivity contribution in [3.05, 3.63) is 64.1 Å². The second kappa shape index (κ2) is 8.97. The molecule has 2 N–H and O–H groups in total. The zero-order chi connectivity index (χ0) is 18.9. The van der Waals surface area contributed by atoms with Crippen LogP contribution in [0.3, 0.4) is 0 Å². The van der Waals surface area contributed by atoms with Crippen LogP contribution in [0.5, 0.6) is 0 Å². The van der Waals surface area contributed by atoms with Crippen LogP contribution in [0, 0.1) is 10.1 Å². The molecule has 10 heteroatoms. The average Bonchev–Trinajstić information content (AvgIpc) is 3.16. The summed E-state index contributed by atoms with van der Waals surface area (Å²) in [5.74, 6) is -1.36. The Morgan fingerprint density at radius 2 is 1.85 bits per heavy atom. The Morgan fingerprint density at radius 1 is 1.12 bits per heavy atom. The molecule has 0 aliphatic carbocycles. The largest absolute Gasteiger partial charge is 0.469 e. The molecule has 1 aromatic carbocycles. The molecule has 0 saturated carbocycles. The molecule has 0 spiro atoms. The van der Waals surface area contributed by atoms with Crippen molar-refractivity contribution >= 4 is 23.5 Å². The number of furan rings is 1. The Kier molecular flexibility index (Phi) is 6.43. The molecule has 2 aromatic rings. The summed E-state index contributed by atoms with van der Waals surface area (Å²) in [5.41, 5.74) is 4.14. The number of nitro benzene ring substituents is 1. The van der Waals surface area contributed by atoms with Crippen LogP contribution in [0.2, 0.25) is 0 Å². The van der Waals surface area contributed by atoms with Crippen LogP contribution in [0.25, 0.3) is 0 Å². The molecule has 0 radical (unpaired) electrons. The third-order valence-corrected chi connectivity index (χ3v) is 3.18. The minimum atomic E-state index is -0.730. The second-order valence-corrected chi connectivity index (χ2v) is 5.05. The molecule has 2 rings (SSSR count). The van der Waals surface area contributed by atoms with Crippen molar-refractivity contribution in [2.24, 2.45) is 0 Å². The fraction of sp³-hybridized carbons (Fsp3) is 0.188. The normalized spacial score (nSPS) is 10.0. The number of carbonyl (C=O) groups is 3. The van der Waals surface area contributed by atoms with Crippen molar-refractivity contribution in [3.8, 4) is 0 Å². The van der Waals surface area contributed by atoms with Gasteiger partial charge >= 0.3 is 5.97 Å². The first-order valence-corrected chi connectivity index (χ1v) is 7.47. The number of benzene rings is 1. The van der Waals surface area contributed by atoms with E-state index in [1.165, 1.54) is 18.4 Å². The Morgan fingerprint density at radius 3 is 2.46 bits per heavy atom. The number of esters is 1. The van der Waals surface area contributed by atoms with Gasteiger partial charge < -0.3 is 9.15 Å². The summed E-state index contributed by atoms with van der Waals surface area (Å²) in [6.45, 7) is -0.558. The van der Waals surface area contributed by atoms with Gasteiger partial charge in [-0.05, 0) is 24.3 Å². The van der Waals surface area contributed by atoms with Crippen molar-refractivity contribution in [2.45, 2.75) is 12.8 Å². The van der Waals surface area contributed by atoms with Gasteiger partial charge in [-0.3, -0.25) is 35.3 Å². The smallest absolute Gasteiger partial charge is 0.306 e. The van der Waals surface area contributed by atoms with E-state index in [4.69, 9.17) is 9.15 Å². The minimum absolute atomic E-state index is 0.0515. The third-order valence-electron chi connectivity index (χ3n) is 3.18. The second-order valence-electron chi connectivity index (χ2n) is 5.05. The number of non-ortho nitro benzene ring substituents is 1. The number of aryl methyl sites for hydroxylation is 1. The maximum absolute atomic E-state index is 11.8. The summed E-state index contributed by atoms with van der Waals surface area (Å²) < 4.78 is 9.83. The summed E-state index contributed by atoms with van der Waals surface area (Å²) in [5, 5.41) is 10.5. The molecule has 0 aliphatic heterocycles. The Labute approximate surface area is 147 Å². The van der Waals surface area contributed by atoms with Crippen LogP contribution in [0.15, 0.2) is 47.1 Å². The van der Waals surface area contributed by atoms with Gasteiger partial charge in [0.1, 0.15) is 5.76 Å². The number of nitro groups is 1. The van der Waals surface area contributed by atoms with Gasteiger partial charge in [0.15, 0.2) is 6.61 Å². The highest BCUT2D eigenvalue weighted by Gasteiger charge is 2.12. The number of hydrogen-bond acceptors (Lipinski definition) is 7. The summed E-state index contributed by atoms with van der Waals surface area (Å²) in [7, 11) is 0. The Bertz CT molecular complexity index is 785. The molecule has 2 amide bonds. The zero-order valence-corrected chi connectivity index (χ0v) is 13.5. The van der Waals surface area contributed by atoms with Crippen LogP contribution in [0.4, 0.5) is 5.69 Å². The van der Waals surface area contributed by atoms with E-state index in [2.05, 4.69) is 10.9 Å². The van der Waals surface area contributed by atoms with Gasteiger partial charge in [0.05, 0.1) is 17.6 Å². The number of hydrogen-bond donors (Lipinski definition) is 2. The minimum Gasteiger partial charge on any atom is -0.469 e. The van der Waals surface area contributed by atoms with E-state index in [0.29, 0.717) is 12.2 Å². The van der Waals surface area contributed by atoms with E-state index in [9.17, 15) is 24.5 Å². The van der Waals surface area contributed by atoms with Gasteiger partial charge in [-0.2, -0.15) is 0 Å². The number of rotatable bonds is 7. The number of ether oxygens (including phenoxy) is 1. The Balaban J connectivity index is 1.68. The van der Waals surface area contributed by atoms with Crippen LogP contribution in [-0.2, 0) is 20.7 Å². The van der Waals surface area contributed by atoms with Gasteiger partial charge in [-0.15, -0.1) is 0 Å². The van der Waals surface area contributed by atoms with E-state index in [0.717, 1.165) is 12.1 Å². The molecule has 1 heterocycles. The molecule has 136 valence electrons. The lowest BCUT2D eigenvalue weighted by Gasteiger charge is -2.08. The van der Waals surface area contributed by atoms with Gasteiger partial charge in [0, 0.05) is 24.1 Å². The van der Waals surface area contributed by atoms with Crippen molar-refractivity contribution in [1.82, 2.24) is 10.9 Å². The van der Waals surface area contributed by atoms with Crippen LogP contribution in [0.1, 0.15) is 22.5 Å². The SMILES string of the molecule is O=C(COC(=O)CCc1ccco1)NNC(=O)c1ccc([N+](=O)[O-])cc1. The zero-order valence-electron chi connectivity index (χ0n) is 13.5. The third kappa shape index (κ3) is 5.74. The molecule has 0 saturated heterocycles. The van der Waals surface area contributed by atoms with E-state index in [1.54, 1.807) is 12.1 Å². The maximum atomic E-state index is 11.8. The topological polar surface area (TPSA) is 141 Å². The monoisotopic (exact) mass is 361 g/mol. The van der Waals surface area contributed by atoms with Crippen LogP contribution < -0.4 is 10.9 Å². The lowest BCUT2D eigenvalue weighted by Crippen LogP contribution is -2.43.